The lowest BCUT2D eigenvalue weighted by molar-refractivity contribution is -0.119. The molecule has 1 fully saturated rings. The predicted octanol–water partition coefficient (Wildman–Crippen LogP) is 2.57. The highest BCUT2D eigenvalue weighted by molar-refractivity contribution is 8.00. The fourth-order valence-electron chi connectivity index (χ4n) is 3.83. The Bertz CT molecular complexity index is 1490. The maximum absolute atomic E-state index is 13.4. The van der Waals surface area contributed by atoms with Gasteiger partial charge in [-0.15, -0.1) is 10.2 Å². The van der Waals surface area contributed by atoms with Gasteiger partial charge in [0.2, 0.25) is 11.7 Å². The van der Waals surface area contributed by atoms with Gasteiger partial charge in [0.25, 0.3) is 5.56 Å². The van der Waals surface area contributed by atoms with E-state index in [0.29, 0.717) is 27.6 Å². The number of aromatic nitrogens is 4. The van der Waals surface area contributed by atoms with Gasteiger partial charge in [0, 0.05) is 11.6 Å². The van der Waals surface area contributed by atoms with Crippen LogP contribution in [0.2, 0.25) is 0 Å². The number of imide groups is 1. The molecule has 0 spiro atoms. The lowest BCUT2D eigenvalue weighted by Crippen LogP contribution is -2.43. The predicted molar refractivity (Wildman–Crippen MR) is 132 cm³/mol. The number of fused-ring (bicyclic) bond motifs is 3. The van der Waals surface area contributed by atoms with E-state index >= 15 is 0 Å². The fourth-order valence-corrected chi connectivity index (χ4v) is 4.69. The summed E-state index contributed by atoms with van der Waals surface area (Å²) in [7, 11) is 1.58. The van der Waals surface area contributed by atoms with E-state index in [9.17, 15) is 14.4 Å². The van der Waals surface area contributed by atoms with Crippen LogP contribution in [0.3, 0.4) is 0 Å². The standard InChI is InChI=1S/C24H24N6O4S/c1-14(20(31)26-22(33)25-16-11-12-16)35-24-28-27-23-29(13-15-7-3-6-10-19(15)34-2)21(32)17-8-4-5-9-18(17)30(23)24/h3-10,14,16H,11-13H2,1-2H3,(H2,25,26,31,33). The molecule has 180 valence electrons. The summed E-state index contributed by atoms with van der Waals surface area (Å²) in [6, 6.07) is 14.3. The van der Waals surface area contributed by atoms with Crippen LogP contribution in [0.1, 0.15) is 25.3 Å². The molecule has 5 rings (SSSR count). The molecule has 1 atom stereocenters. The Morgan fingerprint density at radius 1 is 1.14 bits per heavy atom. The number of hydrogen-bond donors (Lipinski definition) is 2. The quantitative estimate of drug-likeness (QED) is 0.381. The van der Waals surface area contributed by atoms with Crippen LogP contribution in [0, 0.1) is 0 Å². The average Bonchev–Trinajstić information content (AvgIpc) is 3.58. The Morgan fingerprint density at radius 3 is 2.66 bits per heavy atom. The van der Waals surface area contributed by atoms with Gasteiger partial charge in [0.1, 0.15) is 5.75 Å². The number of carbonyl (C=O) groups excluding carboxylic acids is 2. The normalized spacial score (nSPS) is 14.1. The van der Waals surface area contributed by atoms with Gasteiger partial charge in [-0.3, -0.25) is 23.9 Å². The minimum absolute atomic E-state index is 0.150. The van der Waals surface area contributed by atoms with Crippen molar-refractivity contribution in [2.24, 2.45) is 0 Å². The summed E-state index contributed by atoms with van der Waals surface area (Å²) in [6.45, 7) is 1.93. The van der Waals surface area contributed by atoms with E-state index in [2.05, 4.69) is 20.8 Å². The number of para-hydroxylation sites is 2. The van der Waals surface area contributed by atoms with Crippen LogP contribution in [-0.4, -0.2) is 49.5 Å². The van der Waals surface area contributed by atoms with E-state index in [1.807, 2.05) is 36.4 Å². The number of amides is 3. The number of rotatable bonds is 7. The molecule has 0 radical (unpaired) electrons. The van der Waals surface area contributed by atoms with Crippen LogP contribution in [0.4, 0.5) is 4.79 Å². The molecule has 1 saturated carbocycles. The number of urea groups is 1. The first-order valence-corrected chi connectivity index (χ1v) is 12.1. The van der Waals surface area contributed by atoms with Crippen molar-refractivity contribution < 1.29 is 14.3 Å². The maximum Gasteiger partial charge on any atom is 0.321 e. The Hall–Kier alpha value is -3.86. The molecule has 3 amide bonds. The lowest BCUT2D eigenvalue weighted by atomic mass is 10.2. The number of ether oxygens (including phenoxy) is 1. The smallest absolute Gasteiger partial charge is 0.321 e. The summed E-state index contributed by atoms with van der Waals surface area (Å²) >= 11 is 1.16. The fraction of sp³-hybridized carbons (Fsp3) is 0.292. The molecule has 35 heavy (non-hydrogen) atoms. The maximum atomic E-state index is 13.4. The largest absolute Gasteiger partial charge is 0.496 e. The average molecular weight is 493 g/mol. The van der Waals surface area contributed by atoms with Gasteiger partial charge in [-0.25, -0.2) is 4.79 Å². The second kappa shape index (κ2) is 9.41. The molecule has 2 N–H and O–H groups in total. The van der Waals surface area contributed by atoms with Gasteiger partial charge in [-0.1, -0.05) is 42.1 Å². The van der Waals surface area contributed by atoms with Crippen molar-refractivity contribution >= 4 is 40.4 Å². The molecule has 0 saturated heterocycles. The van der Waals surface area contributed by atoms with E-state index in [1.54, 1.807) is 35.1 Å². The Kier molecular flexibility index (Phi) is 6.16. The molecule has 11 heteroatoms. The van der Waals surface area contributed by atoms with Crippen molar-refractivity contribution in [2.75, 3.05) is 7.11 Å². The van der Waals surface area contributed by atoms with Gasteiger partial charge < -0.3 is 10.1 Å². The van der Waals surface area contributed by atoms with E-state index < -0.39 is 17.2 Å². The Balaban J connectivity index is 1.52. The summed E-state index contributed by atoms with van der Waals surface area (Å²) in [5.74, 6) is 0.576. The molecule has 0 bridgehead atoms. The third-order valence-electron chi connectivity index (χ3n) is 5.80. The summed E-state index contributed by atoms with van der Waals surface area (Å²) in [4.78, 5) is 38.0. The van der Waals surface area contributed by atoms with Gasteiger partial charge in [-0.05, 0) is 38.0 Å². The van der Waals surface area contributed by atoms with Gasteiger partial charge in [-0.2, -0.15) is 0 Å². The number of nitrogens with zero attached hydrogens (tertiary/aromatic N) is 4. The first kappa shape index (κ1) is 22.9. The zero-order valence-electron chi connectivity index (χ0n) is 19.2. The molecular weight excluding hydrogens is 468 g/mol. The summed E-state index contributed by atoms with van der Waals surface area (Å²) in [5.41, 5.74) is 1.25. The highest BCUT2D eigenvalue weighted by Gasteiger charge is 2.26. The highest BCUT2D eigenvalue weighted by atomic mass is 32.2. The number of methoxy groups -OCH3 is 1. The number of benzene rings is 2. The number of thioether (sulfide) groups is 1. The molecule has 1 unspecified atom stereocenters. The molecule has 2 aromatic heterocycles. The van der Waals surface area contributed by atoms with Crippen molar-refractivity contribution in [1.82, 2.24) is 29.8 Å². The molecular formula is C24H24N6O4S. The molecule has 1 aliphatic carbocycles. The van der Waals surface area contributed by atoms with Crippen molar-refractivity contribution in [3.8, 4) is 5.75 Å². The SMILES string of the molecule is COc1ccccc1Cn1c(=O)c2ccccc2n2c(SC(C)C(=O)NC(=O)NC3CC3)nnc12. The van der Waals surface area contributed by atoms with Crippen LogP contribution >= 0.6 is 11.8 Å². The number of nitrogens with one attached hydrogen (secondary N) is 2. The zero-order valence-corrected chi connectivity index (χ0v) is 20.0. The van der Waals surface area contributed by atoms with Gasteiger partial charge in [0.05, 0.1) is 29.8 Å². The van der Waals surface area contributed by atoms with E-state index in [0.717, 1.165) is 30.2 Å². The van der Waals surface area contributed by atoms with Crippen molar-refractivity contribution in [3.05, 3.63) is 64.4 Å². The van der Waals surface area contributed by atoms with E-state index in [4.69, 9.17) is 4.74 Å². The van der Waals surface area contributed by atoms with Crippen molar-refractivity contribution in [2.45, 2.75) is 42.8 Å². The Morgan fingerprint density at radius 2 is 1.89 bits per heavy atom. The summed E-state index contributed by atoms with van der Waals surface area (Å²) in [5, 5.41) is 14.0. The molecule has 0 aliphatic heterocycles. The molecule has 2 aromatic carbocycles. The van der Waals surface area contributed by atoms with Crippen LogP contribution in [0.5, 0.6) is 5.75 Å². The second-order valence-corrected chi connectivity index (χ2v) is 9.64. The van der Waals surface area contributed by atoms with Crippen LogP contribution < -0.4 is 20.9 Å². The zero-order chi connectivity index (χ0) is 24.5. The minimum atomic E-state index is -0.624. The molecule has 10 nitrogen and oxygen atoms in total. The first-order valence-electron chi connectivity index (χ1n) is 11.2. The third kappa shape index (κ3) is 4.59. The van der Waals surface area contributed by atoms with E-state index in [-0.39, 0.29) is 18.1 Å². The lowest BCUT2D eigenvalue weighted by Gasteiger charge is -2.14. The van der Waals surface area contributed by atoms with Gasteiger partial charge in [0.15, 0.2) is 5.16 Å². The van der Waals surface area contributed by atoms with Crippen molar-refractivity contribution in [1.29, 1.82) is 0 Å². The van der Waals surface area contributed by atoms with Gasteiger partial charge >= 0.3 is 6.03 Å². The number of carbonyl (C=O) groups is 2. The first-order chi connectivity index (χ1) is 17.0. The molecule has 4 aromatic rings. The van der Waals surface area contributed by atoms with Crippen molar-refractivity contribution in [3.63, 3.8) is 0 Å². The van der Waals surface area contributed by atoms with Crippen LogP contribution in [-0.2, 0) is 11.3 Å². The molecule has 2 heterocycles. The van der Waals surface area contributed by atoms with Crippen LogP contribution in [0.25, 0.3) is 16.7 Å². The summed E-state index contributed by atoms with van der Waals surface area (Å²) < 4.78 is 8.78. The summed E-state index contributed by atoms with van der Waals surface area (Å²) in [6.07, 6.45) is 1.86. The monoisotopic (exact) mass is 492 g/mol. The minimum Gasteiger partial charge on any atom is -0.496 e. The third-order valence-corrected chi connectivity index (χ3v) is 6.84. The van der Waals surface area contributed by atoms with Crippen LogP contribution in [0.15, 0.2) is 58.5 Å². The Labute approximate surface area is 204 Å². The number of hydrogen-bond acceptors (Lipinski definition) is 7. The van der Waals surface area contributed by atoms with E-state index in [1.165, 1.54) is 0 Å². The highest BCUT2D eigenvalue weighted by Crippen LogP contribution is 2.26. The topological polar surface area (TPSA) is 120 Å². The molecule has 1 aliphatic rings. The second-order valence-electron chi connectivity index (χ2n) is 8.34.